The minimum atomic E-state index is -3.74. The molecule has 7 nitrogen and oxygen atoms in total. The summed E-state index contributed by atoms with van der Waals surface area (Å²) in [5, 5.41) is 10.2. The van der Waals surface area contributed by atoms with E-state index in [2.05, 4.69) is 0 Å². The minimum Gasteiger partial charge on any atom is -0.491 e. The highest BCUT2D eigenvalue weighted by molar-refractivity contribution is 7.89. The van der Waals surface area contributed by atoms with Crippen LogP contribution in [0.4, 0.5) is 4.39 Å². The quantitative estimate of drug-likeness (QED) is 0.635. The number of β-amino-alcohol motifs (C(OH)–C–C–N with tert-alkyl or cyclic N) is 1. The van der Waals surface area contributed by atoms with Crippen molar-refractivity contribution in [1.82, 2.24) is 9.21 Å². The van der Waals surface area contributed by atoms with Crippen molar-refractivity contribution in [3.63, 3.8) is 0 Å². The first-order valence-corrected chi connectivity index (χ1v) is 11.1. The Hall–Kier alpha value is -2.33. The van der Waals surface area contributed by atoms with E-state index in [0.717, 1.165) is 6.07 Å². The summed E-state index contributed by atoms with van der Waals surface area (Å²) >= 11 is 0. The number of hydrogen-bond donors (Lipinski definition) is 1. The average Bonchev–Trinajstić information content (AvgIpc) is 2.73. The number of piperazine rings is 1. The van der Waals surface area contributed by atoms with Gasteiger partial charge in [0.1, 0.15) is 24.3 Å². The second kappa shape index (κ2) is 9.65. The number of aliphatic hydroxyl groups excluding tert-OH is 1. The van der Waals surface area contributed by atoms with Gasteiger partial charge in [0, 0.05) is 38.3 Å². The third kappa shape index (κ3) is 5.63. The van der Waals surface area contributed by atoms with Gasteiger partial charge < -0.3 is 9.84 Å². The fourth-order valence-corrected chi connectivity index (χ4v) is 4.71. The molecule has 2 aromatic carbocycles. The zero-order valence-electron chi connectivity index (χ0n) is 16.7. The van der Waals surface area contributed by atoms with Crippen LogP contribution in [-0.2, 0) is 10.0 Å². The van der Waals surface area contributed by atoms with E-state index < -0.39 is 21.9 Å². The number of hydrogen-bond acceptors (Lipinski definition) is 6. The molecule has 0 radical (unpaired) electrons. The van der Waals surface area contributed by atoms with Crippen molar-refractivity contribution in [2.45, 2.75) is 17.9 Å². The van der Waals surface area contributed by atoms with Gasteiger partial charge in [-0.3, -0.25) is 9.69 Å². The van der Waals surface area contributed by atoms with Crippen LogP contribution in [0.2, 0.25) is 0 Å². The topological polar surface area (TPSA) is 87.2 Å². The molecule has 2 aromatic rings. The first-order valence-electron chi connectivity index (χ1n) is 9.65. The molecule has 1 heterocycles. The van der Waals surface area contributed by atoms with Gasteiger partial charge in [-0.15, -0.1) is 0 Å². The molecule has 0 spiro atoms. The summed E-state index contributed by atoms with van der Waals surface area (Å²) in [4.78, 5) is 13.2. The molecule has 0 aromatic heterocycles. The number of halogens is 1. The lowest BCUT2D eigenvalue weighted by Crippen LogP contribution is -2.50. The van der Waals surface area contributed by atoms with Crippen LogP contribution in [0, 0.1) is 5.82 Å². The summed E-state index contributed by atoms with van der Waals surface area (Å²) in [5.74, 6) is -0.0565. The van der Waals surface area contributed by atoms with Crippen molar-refractivity contribution in [3.8, 4) is 5.75 Å². The molecule has 0 bridgehead atoms. The van der Waals surface area contributed by atoms with Gasteiger partial charge in [-0.1, -0.05) is 6.07 Å². The molecule has 162 valence electrons. The normalized spacial score (nSPS) is 16.9. The number of ether oxygens (including phenoxy) is 1. The van der Waals surface area contributed by atoms with Crippen molar-refractivity contribution in [2.24, 2.45) is 0 Å². The molecular formula is C21H25FN2O5S. The maximum absolute atomic E-state index is 13.4. The van der Waals surface area contributed by atoms with Crippen molar-refractivity contribution >= 4 is 15.8 Å². The van der Waals surface area contributed by atoms with E-state index in [4.69, 9.17) is 4.74 Å². The summed E-state index contributed by atoms with van der Waals surface area (Å²) in [6, 6.07) is 11.7. The SMILES string of the molecule is CC(=O)c1ccc(OC[C@@H](O)CN2CCN(S(=O)(=O)c3cccc(F)c3)CC2)cc1. The molecule has 0 amide bonds. The Morgan fingerprint density at radius 1 is 1.13 bits per heavy atom. The van der Waals surface area contributed by atoms with E-state index in [0.29, 0.717) is 30.9 Å². The zero-order valence-corrected chi connectivity index (χ0v) is 17.5. The number of carbonyl (C=O) groups is 1. The molecule has 1 atom stereocenters. The van der Waals surface area contributed by atoms with Crippen LogP contribution in [0.3, 0.4) is 0 Å². The third-order valence-corrected chi connectivity index (χ3v) is 6.83. The van der Waals surface area contributed by atoms with Crippen LogP contribution >= 0.6 is 0 Å². The number of carbonyl (C=O) groups excluding carboxylic acids is 1. The van der Waals surface area contributed by atoms with E-state index in [-0.39, 0.29) is 30.4 Å². The summed E-state index contributed by atoms with van der Waals surface area (Å²) in [6.45, 7) is 3.36. The van der Waals surface area contributed by atoms with Crippen molar-refractivity contribution in [2.75, 3.05) is 39.3 Å². The van der Waals surface area contributed by atoms with Crippen molar-refractivity contribution < 1.29 is 27.4 Å². The predicted octanol–water partition coefficient (Wildman–Crippen LogP) is 1.77. The molecule has 0 unspecified atom stereocenters. The monoisotopic (exact) mass is 436 g/mol. The lowest BCUT2D eigenvalue weighted by molar-refractivity contribution is 0.0569. The molecule has 1 N–H and O–H groups in total. The number of benzene rings is 2. The van der Waals surface area contributed by atoms with Crippen LogP contribution < -0.4 is 4.74 Å². The molecule has 1 aliphatic heterocycles. The van der Waals surface area contributed by atoms with E-state index in [9.17, 15) is 22.7 Å². The maximum Gasteiger partial charge on any atom is 0.243 e. The Balaban J connectivity index is 1.46. The van der Waals surface area contributed by atoms with Crippen LogP contribution in [0.1, 0.15) is 17.3 Å². The lowest BCUT2D eigenvalue weighted by Gasteiger charge is -2.34. The van der Waals surface area contributed by atoms with Gasteiger partial charge in [0.05, 0.1) is 4.90 Å². The second-order valence-corrected chi connectivity index (χ2v) is 9.15. The van der Waals surface area contributed by atoms with Gasteiger partial charge in [0.25, 0.3) is 0 Å². The lowest BCUT2D eigenvalue weighted by atomic mass is 10.1. The third-order valence-electron chi connectivity index (χ3n) is 4.94. The predicted molar refractivity (Wildman–Crippen MR) is 110 cm³/mol. The Morgan fingerprint density at radius 2 is 1.80 bits per heavy atom. The van der Waals surface area contributed by atoms with Crippen molar-refractivity contribution in [1.29, 1.82) is 0 Å². The van der Waals surface area contributed by atoms with E-state index >= 15 is 0 Å². The highest BCUT2D eigenvalue weighted by atomic mass is 32.2. The Kier molecular flexibility index (Phi) is 7.19. The van der Waals surface area contributed by atoms with E-state index in [1.54, 1.807) is 24.3 Å². The van der Waals surface area contributed by atoms with Gasteiger partial charge in [-0.25, -0.2) is 12.8 Å². The molecule has 1 fully saturated rings. The number of Topliss-reactive ketones (excluding diaryl/α,β-unsaturated/α-hetero) is 1. The van der Waals surface area contributed by atoms with Gasteiger partial charge >= 0.3 is 0 Å². The fourth-order valence-electron chi connectivity index (χ4n) is 3.26. The Labute approximate surface area is 175 Å². The standard InChI is InChI=1S/C21H25FN2O5S/c1-16(25)17-5-7-20(8-6-17)29-15-19(26)14-23-9-11-24(12-10-23)30(27,28)21-4-2-3-18(22)13-21/h2-8,13,19,26H,9-12,14-15H2,1H3/t19-/m0/s1. The number of sulfonamides is 1. The van der Waals surface area contributed by atoms with Gasteiger partial charge in [0.15, 0.2) is 5.78 Å². The second-order valence-electron chi connectivity index (χ2n) is 7.21. The van der Waals surface area contributed by atoms with Crippen LogP contribution in [0.5, 0.6) is 5.75 Å². The highest BCUT2D eigenvalue weighted by Gasteiger charge is 2.29. The largest absolute Gasteiger partial charge is 0.491 e. The van der Waals surface area contributed by atoms with Crippen molar-refractivity contribution in [3.05, 3.63) is 59.9 Å². The van der Waals surface area contributed by atoms with Crippen LogP contribution in [-0.4, -0.2) is 73.9 Å². The Morgan fingerprint density at radius 3 is 2.40 bits per heavy atom. The summed E-state index contributed by atoms with van der Waals surface area (Å²) in [5.41, 5.74) is 0.592. The molecule has 1 saturated heterocycles. The van der Waals surface area contributed by atoms with Gasteiger partial charge in [0.2, 0.25) is 10.0 Å². The maximum atomic E-state index is 13.4. The average molecular weight is 437 g/mol. The molecule has 0 aliphatic carbocycles. The smallest absolute Gasteiger partial charge is 0.243 e. The molecule has 9 heteroatoms. The summed E-state index contributed by atoms with van der Waals surface area (Å²) in [7, 11) is -3.74. The van der Waals surface area contributed by atoms with Crippen LogP contribution in [0.25, 0.3) is 0 Å². The first-order chi connectivity index (χ1) is 14.3. The fraction of sp³-hybridized carbons (Fsp3) is 0.381. The van der Waals surface area contributed by atoms with Gasteiger partial charge in [-0.05, 0) is 49.4 Å². The molecule has 3 rings (SSSR count). The molecular weight excluding hydrogens is 411 g/mol. The van der Waals surface area contributed by atoms with Gasteiger partial charge in [-0.2, -0.15) is 4.31 Å². The number of nitrogens with zero attached hydrogens (tertiary/aromatic N) is 2. The molecule has 30 heavy (non-hydrogen) atoms. The highest BCUT2D eigenvalue weighted by Crippen LogP contribution is 2.19. The Bertz CT molecular complexity index is 973. The zero-order chi connectivity index (χ0) is 21.7. The number of ketones is 1. The summed E-state index contributed by atoms with van der Waals surface area (Å²) < 4.78 is 45.6. The first kappa shape index (κ1) is 22.4. The minimum absolute atomic E-state index is 0.0276. The number of rotatable bonds is 8. The van der Waals surface area contributed by atoms with Crippen LogP contribution in [0.15, 0.2) is 53.4 Å². The molecule has 1 aliphatic rings. The summed E-state index contributed by atoms with van der Waals surface area (Å²) in [6.07, 6.45) is -0.746. The number of aliphatic hydroxyl groups is 1. The molecule has 0 saturated carbocycles. The van der Waals surface area contributed by atoms with E-state index in [1.165, 1.54) is 29.4 Å². The van der Waals surface area contributed by atoms with E-state index in [1.807, 2.05) is 4.90 Å².